The maximum absolute atomic E-state index is 13.4. The maximum atomic E-state index is 13.4. The average molecular weight is 404 g/mol. The van der Waals surface area contributed by atoms with Crippen LogP contribution in [0.4, 0.5) is 5.69 Å². The highest BCUT2D eigenvalue weighted by Crippen LogP contribution is 2.40. The first-order chi connectivity index (χ1) is 14.7. The van der Waals surface area contributed by atoms with Gasteiger partial charge in [0.2, 0.25) is 0 Å². The van der Waals surface area contributed by atoms with Crippen LogP contribution in [0.2, 0.25) is 0 Å². The molecular weight excluding hydrogens is 380 g/mol. The number of nitrogens with one attached hydrogen (secondary N) is 1. The minimum absolute atomic E-state index is 0.0594. The lowest BCUT2D eigenvalue weighted by atomic mass is 10.0. The summed E-state index contributed by atoms with van der Waals surface area (Å²) in [6, 6.07) is 22.7. The van der Waals surface area contributed by atoms with Gasteiger partial charge >= 0.3 is 0 Å². The molecule has 0 saturated carbocycles. The van der Waals surface area contributed by atoms with Gasteiger partial charge in [-0.2, -0.15) is 0 Å². The fourth-order valence-electron chi connectivity index (χ4n) is 3.67. The van der Waals surface area contributed by atoms with E-state index in [2.05, 4.69) is 5.32 Å². The Labute approximate surface area is 176 Å². The fourth-order valence-corrected chi connectivity index (χ4v) is 3.67. The second kappa shape index (κ2) is 8.78. The van der Waals surface area contributed by atoms with Gasteiger partial charge in [0, 0.05) is 11.3 Å². The molecule has 1 aliphatic heterocycles. The summed E-state index contributed by atoms with van der Waals surface area (Å²) in [5, 5.41) is 3.48. The van der Waals surface area contributed by atoms with Gasteiger partial charge in [0.25, 0.3) is 5.91 Å². The second-order valence-electron chi connectivity index (χ2n) is 6.84. The molecule has 1 atom stereocenters. The molecule has 0 spiro atoms. The van der Waals surface area contributed by atoms with Crippen molar-refractivity contribution in [3.63, 3.8) is 0 Å². The molecule has 1 N–H and O–H groups in total. The van der Waals surface area contributed by atoms with Crippen molar-refractivity contribution in [1.82, 2.24) is 4.90 Å². The standard InChI is InChI=1S/C24H24N2O4/c1-28-21-14-8-12-19(22(21)29-2)23-25-20-13-7-6-11-18(20)24(27)26(23)15-16-30-17-9-4-3-5-10-17/h3-14,23,25H,15-16H2,1-2H3. The van der Waals surface area contributed by atoms with Crippen molar-refractivity contribution >= 4 is 11.6 Å². The zero-order valence-corrected chi connectivity index (χ0v) is 17.0. The van der Waals surface area contributed by atoms with Crippen LogP contribution in [0, 0.1) is 0 Å². The van der Waals surface area contributed by atoms with Gasteiger partial charge in [0.15, 0.2) is 11.5 Å². The van der Waals surface area contributed by atoms with E-state index >= 15 is 0 Å². The normalized spacial score (nSPS) is 15.2. The zero-order valence-electron chi connectivity index (χ0n) is 17.0. The predicted molar refractivity (Wildman–Crippen MR) is 115 cm³/mol. The van der Waals surface area contributed by atoms with Crippen molar-refractivity contribution in [3.8, 4) is 17.2 Å². The van der Waals surface area contributed by atoms with Crippen LogP contribution in [0.25, 0.3) is 0 Å². The van der Waals surface area contributed by atoms with Crippen molar-refractivity contribution in [3.05, 3.63) is 83.9 Å². The quantitative estimate of drug-likeness (QED) is 0.634. The van der Waals surface area contributed by atoms with Crippen LogP contribution < -0.4 is 19.5 Å². The van der Waals surface area contributed by atoms with E-state index < -0.39 is 6.17 Å². The first kappa shape index (κ1) is 19.6. The summed E-state index contributed by atoms with van der Waals surface area (Å²) in [5.41, 5.74) is 2.24. The van der Waals surface area contributed by atoms with Crippen molar-refractivity contribution in [2.45, 2.75) is 6.17 Å². The lowest BCUT2D eigenvalue weighted by Crippen LogP contribution is -2.45. The molecule has 0 aliphatic carbocycles. The Morgan fingerprint density at radius 3 is 2.43 bits per heavy atom. The SMILES string of the molecule is COc1cccc(C2Nc3ccccc3C(=O)N2CCOc2ccccc2)c1OC. The molecule has 1 heterocycles. The summed E-state index contributed by atoms with van der Waals surface area (Å²) in [4.78, 5) is 15.1. The second-order valence-corrected chi connectivity index (χ2v) is 6.84. The molecule has 3 aromatic carbocycles. The maximum Gasteiger partial charge on any atom is 0.257 e. The molecular formula is C24H24N2O4. The van der Waals surface area contributed by atoms with Crippen molar-refractivity contribution in [1.29, 1.82) is 0 Å². The van der Waals surface area contributed by atoms with E-state index in [4.69, 9.17) is 14.2 Å². The number of ether oxygens (including phenoxy) is 3. The molecule has 30 heavy (non-hydrogen) atoms. The number of rotatable bonds is 7. The lowest BCUT2D eigenvalue weighted by molar-refractivity contribution is 0.0648. The third kappa shape index (κ3) is 3.76. The summed E-state index contributed by atoms with van der Waals surface area (Å²) >= 11 is 0. The van der Waals surface area contributed by atoms with Gasteiger partial charge in [-0.15, -0.1) is 0 Å². The summed E-state index contributed by atoms with van der Waals surface area (Å²) in [5.74, 6) is 1.92. The summed E-state index contributed by atoms with van der Waals surface area (Å²) in [6.45, 7) is 0.766. The van der Waals surface area contributed by atoms with E-state index in [1.807, 2.05) is 72.8 Å². The third-order valence-corrected chi connectivity index (χ3v) is 5.09. The molecule has 1 unspecified atom stereocenters. The molecule has 6 heteroatoms. The molecule has 0 bridgehead atoms. The van der Waals surface area contributed by atoms with E-state index in [1.54, 1.807) is 19.1 Å². The number of fused-ring (bicyclic) bond motifs is 1. The molecule has 0 fully saturated rings. The molecule has 1 amide bonds. The summed E-state index contributed by atoms with van der Waals surface area (Å²) < 4.78 is 16.9. The number of methoxy groups -OCH3 is 2. The molecule has 154 valence electrons. The first-order valence-electron chi connectivity index (χ1n) is 9.78. The Morgan fingerprint density at radius 1 is 0.900 bits per heavy atom. The van der Waals surface area contributed by atoms with Crippen LogP contribution in [-0.4, -0.2) is 38.2 Å². The fraction of sp³-hybridized carbons (Fsp3) is 0.208. The third-order valence-electron chi connectivity index (χ3n) is 5.09. The van der Waals surface area contributed by atoms with E-state index in [-0.39, 0.29) is 5.91 Å². The van der Waals surface area contributed by atoms with E-state index in [0.717, 1.165) is 17.0 Å². The molecule has 0 saturated heterocycles. The van der Waals surface area contributed by atoms with Gasteiger partial charge in [0.1, 0.15) is 18.5 Å². The number of hydrogen-bond donors (Lipinski definition) is 1. The average Bonchev–Trinajstić information content (AvgIpc) is 2.80. The van der Waals surface area contributed by atoms with Crippen molar-refractivity contribution in [2.24, 2.45) is 0 Å². The Balaban J connectivity index is 1.66. The zero-order chi connectivity index (χ0) is 20.9. The minimum Gasteiger partial charge on any atom is -0.493 e. The summed E-state index contributed by atoms with van der Waals surface area (Å²) in [6.07, 6.45) is -0.420. The molecule has 0 aromatic heterocycles. The van der Waals surface area contributed by atoms with Gasteiger partial charge in [-0.05, 0) is 30.3 Å². The number of amides is 1. The minimum atomic E-state index is -0.420. The number of benzene rings is 3. The number of carbonyl (C=O) groups is 1. The summed E-state index contributed by atoms with van der Waals surface area (Å²) in [7, 11) is 3.20. The predicted octanol–water partition coefficient (Wildman–Crippen LogP) is 4.35. The van der Waals surface area contributed by atoms with Crippen molar-refractivity contribution < 1.29 is 19.0 Å². The number of carbonyl (C=O) groups excluding carboxylic acids is 1. The van der Waals surface area contributed by atoms with Crippen molar-refractivity contribution in [2.75, 3.05) is 32.7 Å². The highest BCUT2D eigenvalue weighted by atomic mass is 16.5. The lowest BCUT2D eigenvalue weighted by Gasteiger charge is -2.38. The van der Waals surface area contributed by atoms with E-state index in [1.165, 1.54) is 0 Å². The van der Waals surface area contributed by atoms with Gasteiger partial charge in [0.05, 0.1) is 26.3 Å². The van der Waals surface area contributed by atoms with Crippen LogP contribution in [0.3, 0.4) is 0 Å². The highest BCUT2D eigenvalue weighted by Gasteiger charge is 2.34. The van der Waals surface area contributed by atoms with Gasteiger partial charge in [-0.3, -0.25) is 4.79 Å². The Morgan fingerprint density at radius 2 is 1.67 bits per heavy atom. The topological polar surface area (TPSA) is 60.0 Å². The number of para-hydroxylation sites is 3. The van der Waals surface area contributed by atoms with Crippen LogP contribution in [0.1, 0.15) is 22.1 Å². The largest absolute Gasteiger partial charge is 0.493 e. The Bertz CT molecular complexity index is 1020. The molecule has 6 nitrogen and oxygen atoms in total. The number of anilines is 1. The number of hydrogen-bond acceptors (Lipinski definition) is 5. The van der Waals surface area contributed by atoms with Gasteiger partial charge in [-0.1, -0.05) is 42.5 Å². The highest BCUT2D eigenvalue weighted by molar-refractivity contribution is 6.01. The monoisotopic (exact) mass is 404 g/mol. The smallest absolute Gasteiger partial charge is 0.257 e. The van der Waals surface area contributed by atoms with E-state index in [0.29, 0.717) is 30.2 Å². The first-order valence-corrected chi connectivity index (χ1v) is 9.78. The van der Waals surface area contributed by atoms with Crippen LogP contribution in [0.5, 0.6) is 17.2 Å². The molecule has 3 aromatic rings. The molecule has 1 aliphatic rings. The van der Waals surface area contributed by atoms with Crippen LogP contribution >= 0.6 is 0 Å². The number of nitrogens with zero attached hydrogens (tertiary/aromatic N) is 1. The molecule has 0 radical (unpaired) electrons. The molecule has 4 rings (SSSR count). The van der Waals surface area contributed by atoms with Crippen LogP contribution in [0.15, 0.2) is 72.8 Å². The Hall–Kier alpha value is -3.67. The Kier molecular flexibility index (Phi) is 5.75. The van der Waals surface area contributed by atoms with Gasteiger partial charge in [-0.25, -0.2) is 0 Å². The van der Waals surface area contributed by atoms with Gasteiger partial charge < -0.3 is 24.4 Å². The van der Waals surface area contributed by atoms with Crippen LogP contribution in [-0.2, 0) is 0 Å². The van der Waals surface area contributed by atoms with E-state index in [9.17, 15) is 4.79 Å².